The molecule has 0 aliphatic heterocycles. The molecule has 5 heteroatoms. The number of nitrogens with two attached hydrogens (primary N) is 1. The van der Waals surface area contributed by atoms with E-state index in [4.69, 9.17) is 33.7 Å². The Labute approximate surface area is 130 Å². The summed E-state index contributed by atoms with van der Waals surface area (Å²) in [5.74, 6) is 0.737. The summed E-state index contributed by atoms with van der Waals surface area (Å²) in [4.78, 5) is 0. The van der Waals surface area contributed by atoms with E-state index in [1.165, 1.54) is 0 Å². The molecule has 0 bridgehead atoms. The van der Waals surface area contributed by atoms with Gasteiger partial charge in [-0.1, -0.05) is 47.5 Å². The second kappa shape index (κ2) is 6.62. The third kappa shape index (κ3) is 3.42. The van der Waals surface area contributed by atoms with Crippen LogP contribution in [0.4, 0.5) is 0 Å². The van der Waals surface area contributed by atoms with Gasteiger partial charge in [-0.2, -0.15) is 0 Å². The minimum atomic E-state index is 0.342. The summed E-state index contributed by atoms with van der Waals surface area (Å²) in [7, 11) is 0. The van der Waals surface area contributed by atoms with Crippen molar-refractivity contribution in [2.45, 2.75) is 13.2 Å². The molecule has 0 atom stereocenters. The van der Waals surface area contributed by atoms with Gasteiger partial charge in [0.1, 0.15) is 12.4 Å². The van der Waals surface area contributed by atoms with Crippen molar-refractivity contribution in [1.29, 1.82) is 0 Å². The number of hydrogen-bond acceptors (Lipinski definition) is 2. The molecule has 2 aromatic carbocycles. The van der Waals surface area contributed by atoms with E-state index in [1.807, 2.05) is 30.3 Å². The van der Waals surface area contributed by atoms with Gasteiger partial charge in [0.05, 0.1) is 14.5 Å². The number of benzene rings is 2. The fourth-order valence-corrected chi connectivity index (χ4v) is 2.58. The van der Waals surface area contributed by atoms with E-state index in [-0.39, 0.29) is 0 Å². The highest BCUT2D eigenvalue weighted by molar-refractivity contribution is 9.10. The van der Waals surface area contributed by atoms with E-state index in [2.05, 4.69) is 15.9 Å². The molecule has 0 heterocycles. The molecule has 0 unspecified atom stereocenters. The Hall–Kier alpha value is -0.740. The van der Waals surface area contributed by atoms with Crippen molar-refractivity contribution < 1.29 is 4.74 Å². The first-order chi connectivity index (χ1) is 9.13. The van der Waals surface area contributed by atoms with Crippen LogP contribution in [0, 0.1) is 0 Å². The van der Waals surface area contributed by atoms with Crippen LogP contribution in [0.2, 0.25) is 10.0 Å². The molecule has 2 nitrogen and oxygen atoms in total. The first-order valence-corrected chi connectivity index (χ1v) is 7.21. The van der Waals surface area contributed by atoms with Gasteiger partial charge in [0.2, 0.25) is 0 Å². The van der Waals surface area contributed by atoms with E-state index >= 15 is 0 Å². The third-order valence-corrected chi connectivity index (χ3v) is 4.15. The lowest BCUT2D eigenvalue weighted by Crippen LogP contribution is -2.03. The second-order valence-corrected chi connectivity index (χ2v) is 5.57. The van der Waals surface area contributed by atoms with Crippen LogP contribution in [0.3, 0.4) is 0 Å². The fourth-order valence-electron chi connectivity index (χ4n) is 1.69. The van der Waals surface area contributed by atoms with Gasteiger partial charge in [0.25, 0.3) is 0 Å². The predicted molar refractivity (Wildman–Crippen MR) is 82.8 cm³/mol. The maximum absolute atomic E-state index is 6.12. The number of halogens is 3. The summed E-state index contributed by atoms with van der Waals surface area (Å²) < 4.78 is 6.68. The first-order valence-electron chi connectivity index (χ1n) is 5.66. The molecule has 2 rings (SSSR count). The van der Waals surface area contributed by atoms with Crippen molar-refractivity contribution >= 4 is 39.1 Å². The Morgan fingerprint density at radius 3 is 2.47 bits per heavy atom. The Bertz CT molecular complexity index is 590. The van der Waals surface area contributed by atoms with E-state index in [1.54, 1.807) is 6.07 Å². The average Bonchev–Trinajstić information content (AvgIpc) is 2.41. The standard InChI is InChI=1S/C14H12BrCl2NO/c15-11-5-1-3-9(7-18)14(11)19-8-10-4-2-6-12(16)13(10)17/h1-6H,7-8,18H2. The molecular formula is C14H12BrCl2NO. The normalized spacial score (nSPS) is 10.5. The van der Waals surface area contributed by atoms with Crippen molar-refractivity contribution in [3.8, 4) is 5.75 Å². The monoisotopic (exact) mass is 359 g/mol. The molecule has 19 heavy (non-hydrogen) atoms. The third-order valence-electron chi connectivity index (χ3n) is 2.67. The summed E-state index contributed by atoms with van der Waals surface area (Å²) in [6.07, 6.45) is 0. The van der Waals surface area contributed by atoms with Crippen LogP contribution in [0.5, 0.6) is 5.75 Å². The molecular weight excluding hydrogens is 349 g/mol. The fraction of sp³-hybridized carbons (Fsp3) is 0.143. The molecule has 0 aromatic heterocycles. The maximum atomic E-state index is 6.12. The second-order valence-electron chi connectivity index (χ2n) is 3.93. The SMILES string of the molecule is NCc1cccc(Br)c1OCc1cccc(Cl)c1Cl. The minimum Gasteiger partial charge on any atom is -0.487 e. The van der Waals surface area contributed by atoms with E-state index in [0.717, 1.165) is 21.3 Å². The number of ether oxygens (including phenoxy) is 1. The van der Waals surface area contributed by atoms with Crippen LogP contribution < -0.4 is 10.5 Å². The van der Waals surface area contributed by atoms with Gasteiger partial charge in [-0.05, 0) is 28.1 Å². The zero-order valence-corrected chi connectivity index (χ0v) is 13.1. The summed E-state index contributed by atoms with van der Waals surface area (Å²) >= 11 is 15.5. The number of rotatable bonds is 4. The van der Waals surface area contributed by atoms with Crippen LogP contribution in [-0.2, 0) is 13.2 Å². The molecule has 2 aromatic rings. The number of hydrogen-bond donors (Lipinski definition) is 1. The van der Waals surface area contributed by atoms with Crippen molar-refractivity contribution in [2.24, 2.45) is 5.73 Å². The predicted octanol–water partition coefficient (Wildman–Crippen LogP) is 4.79. The Morgan fingerprint density at radius 1 is 1.05 bits per heavy atom. The molecule has 0 saturated heterocycles. The summed E-state index contributed by atoms with van der Waals surface area (Å²) in [5.41, 5.74) is 7.47. The quantitative estimate of drug-likeness (QED) is 0.850. The zero-order chi connectivity index (χ0) is 13.8. The van der Waals surface area contributed by atoms with Gasteiger partial charge in [0.15, 0.2) is 0 Å². The summed E-state index contributed by atoms with van der Waals surface area (Å²) in [6.45, 7) is 0.757. The van der Waals surface area contributed by atoms with Gasteiger partial charge in [-0.3, -0.25) is 0 Å². The average molecular weight is 361 g/mol. The molecule has 0 radical (unpaired) electrons. The topological polar surface area (TPSA) is 35.2 Å². The maximum Gasteiger partial charge on any atom is 0.138 e. The van der Waals surface area contributed by atoms with Crippen molar-refractivity contribution in [3.05, 3.63) is 62.0 Å². The first kappa shape index (κ1) is 14.7. The van der Waals surface area contributed by atoms with E-state index in [9.17, 15) is 0 Å². The van der Waals surface area contributed by atoms with Crippen molar-refractivity contribution in [1.82, 2.24) is 0 Å². The number of para-hydroxylation sites is 1. The van der Waals surface area contributed by atoms with Gasteiger partial charge < -0.3 is 10.5 Å². The highest BCUT2D eigenvalue weighted by Crippen LogP contribution is 2.31. The molecule has 0 aliphatic carbocycles. The van der Waals surface area contributed by atoms with Crippen LogP contribution in [-0.4, -0.2) is 0 Å². The molecule has 0 amide bonds. The minimum absolute atomic E-state index is 0.342. The van der Waals surface area contributed by atoms with Crippen LogP contribution >= 0.6 is 39.1 Å². The lowest BCUT2D eigenvalue weighted by atomic mass is 10.2. The Morgan fingerprint density at radius 2 is 1.74 bits per heavy atom. The lowest BCUT2D eigenvalue weighted by molar-refractivity contribution is 0.301. The Balaban J connectivity index is 2.21. The molecule has 0 aliphatic rings. The van der Waals surface area contributed by atoms with E-state index in [0.29, 0.717) is 23.2 Å². The molecule has 0 spiro atoms. The van der Waals surface area contributed by atoms with Crippen molar-refractivity contribution in [2.75, 3.05) is 0 Å². The van der Waals surface area contributed by atoms with Crippen LogP contribution in [0.15, 0.2) is 40.9 Å². The van der Waals surface area contributed by atoms with Gasteiger partial charge in [0, 0.05) is 17.7 Å². The summed E-state index contributed by atoms with van der Waals surface area (Å²) in [5, 5.41) is 1.04. The van der Waals surface area contributed by atoms with Crippen LogP contribution in [0.25, 0.3) is 0 Å². The lowest BCUT2D eigenvalue weighted by Gasteiger charge is -2.13. The zero-order valence-electron chi connectivity index (χ0n) is 10.00. The molecule has 0 saturated carbocycles. The van der Waals surface area contributed by atoms with Crippen LogP contribution in [0.1, 0.15) is 11.1 Å². The molecule has 100 valence electrons. The smallest absolute Gasteiger partial charge is 0.138 e. The van der Waals surface area contributed by atoms with Gasteiger partial charge in [-0.15, -0.1) is 0 Å². The highest BCUT2D eigenvalue weighted by Gasteiger charge is 2.09. The Kier molecular flexibility index (Phi) is 5.11. The van der Waals surface area contributed by atoms with E-state index < -0.39 is 0 Å². The highest BCUT2D eigenvalue weighted by atomic mass is 79.9. The summed E-state index contributed by atoms with van der Waals surface area (Å²) in [6, 6.07) is 11.2. The van der Waals surface area contributed by atoms with Crippen molar-refractivity contribution in [3.63, 3.8) is 0 Å². The van der Waals surface area contributed by atoms with Gasteiger partial charge in [-0.25, -0.2) is 0 Å². The molecule has 2 N–H and O–H groups in total. The van der Waals surface area contributed by atoms with Gasteiger partial charge >= 0.3 is 0 Å². The molecule has 0 fully saturated rings. The largest absolute Gasteiger partial charge is 0.487 e.